The van der Waals surface area contributed by atoms with Gasteiger partial charge in [0.2, 0.25) is 0 Å². The Hall–Kier alpha value is -2.74. The lowest BCUT2D eigenvalue weighted by molar-refractivity contribution is -0.266. The highest BCUT2D eigenvalue weighted by Crippen LogP contribution is 2.32. The molecule has 2 nitrogen and oxygen atoms in total. The molecule has 0 N–H and O–H groups in total. The van der Waals surface area contributed by atoms with Crippen LogP contribution in [0.2, 0.25) is 0 Å². The highest BCUT2D eigenvalue weighted by Gasteiger charge is 2.08. The van der Waals surface area contributed by atoms with Crippen LogP contribution in [0.15, 0.2) is 54.6 Å². The average molecular weight is 258 g/mol. The minimum Gasteiger partial charge on any atom is -0.872 e. The number of fused-ring (bicyclic) bond motifs is 2. The second kappa shape index (κ2) is 3.87. The van der Waals surface area contributed by atoms with Gasteiger partial charge in [-0.3, -0.25) is 0 Å². The van der Waals surface area contributed by atoms with E-state index in [4.69, 9.17) is 0 Å². The van der Waals surface area contributed by atoms with Crippen LogP contribution in [-0.4, -0.2) is 0 Å². The van der Waals surface area contributed by atoms with Crippen LogP contribution in [-0.2, 0) is 0 Å². The zero-order chi connectivity index (χ0) is 13.7. The Morgan fingerprint density at radius 2 is 1.45 bits per heavy atom. The van der Waals surface area contributed by atoms with E-state index < -0.39 is 0 Å². The molecule has 1 aliphatic rings. The van der Waals surface area contributed by atoms with Crippen molar-refractivity contribution < 1.29 is 10.2 Å². The quantitative estimate of drug-likeness (QED) is 0.617. The first kappa shape index (κ1) is 11.1. The van der Waals surface area contributed by atoms with Crippen molar-refractivity contribution in [2.24, 2.45) is 0 Å². The zero-order valence-electron chi connectivity index (χ0n) is 10.6. The van der Waals surface area contributed by atoms with Gasteiger partial charge in [0.15, 0.2) is 0 Å². The van der Waals surface area contributed by atoms with Crippen LogP contribution in [0.4, 0.5) is 0 Å². The molecule has 0 saturated heterocycles. The Bertz CT molecular complexity index is 957. The Kier molecular flexibility index (Phi) is 2.15. The molecule has 3 aromatic rings. The minimum atomic E-state index is -0.111. The predicted octanol–water partition coefficient (Wildman–Crippen LogP) is 1.84. The molecule has 0 amide bonds. The van der Waals surface area contributed by atoms with Crippen LogP contribution in [0, 0.1) is 0 Å². The Labute approximate surface area is 115 Å². The standard InChI is InChI=1S/C18H12O2/c19-15-10-2-1-7-14-17(15)12-8-3-5-11-6-4-9-13(16(11)12)18(14)20/h1-10,19-20H/p-2. The number of hydrogen-bond acceptors (Lipinski definition) is 2. The van der Waals surface area contributed by atoms with E-state index in [2.05, 4.69) is 0 Å². The monoisotopic (exact) mass is 258 g/mol. The summed E-state index contributed by atoms with van der Waals surface area (Å²) in [6, 6.07) is 11.5. The van der Waals surface area contributed by atoms with Crippen molar-refractivity contribution >= 4 is 33.4 Å². The van der Waals surface area contributed by atoms with E-state index in [0.29, 0.717) is 16.2 Å². The lowest BCUT2D eigenvalue weighted by Crippen LogP contribution is -2.20. The predicted molar refractivity (Wildman–Crippen MR) is 77.7 cm³/mol. The first-order chi connectivity index (χ1) is 9.77. The average Bonchev–Trinajstić information content (AvgIpc) is 2.67. The number of rotatable bonds is 0. The molecule has 2 heteroatoms. The van der Waals surface area contributed by atoms with Gasteiger partial charge in [0.25, 0.3) is 0 Å². The van der Waals surface area contributed by atoms with Crippen LogP contribution < -0.4 is 15.4 Å². The highest BCUT2D eigenvalue weighted by molar-refractivity contribution is 6.14. The van der Waals surface area contributed by atoms with Crippen molar-refractivity contribution in [1.82, 2.24) is 0 Å². The number of allylic oxidation sites excluding steroid dienone is 2. The minimum absolute atomic E-state index is 0.0717. The molecule has 0 bridgehead atoms. The van der Waals surface area contributed by atoms with Crippen LogP contribution >= 0.6 is 0 Å². The van der Waals surface area contributed by atoms with Crippen molar-refractivity contribution in [3.63, 3.8) is 0 Å². The normalized spacial score (nSPS) is 13.9. The van der Waals surface area contributed by atoms with Gasteiger partial charge in [-0.15, -0.1) is 5.76 Å². The Morgan fingerprint density at radius 3 is 2.25 bits per heavy atom. The van der Waals surface area contributed by atoms with Crippen LogP contribution in [0.5, 0.6) is 5.75 Å². The number of benzene rings is 3. The third-order valence-electron chi connectivity index (χ3n) is 3.80. The van der Waals surface area contributed by atoms with Gasteiger partial charge in [-0.05, 0) is 32.3 Å². The summed E-state index contributed by atoms with van der Waals surface area (Å²) in [6.07, 6.45) is 6.66. The van der Waals surface area contributed by atoms with Crippen molar-refractivity contribution in [3.8, 4) is 5.75 Å². The van der Waals surface area contributed by atoms with Crippen molar-refractivity contribution in [3.05, 3.63) is 65.4 Å². The Balaban J connectivity index is 2.45. The third kappa shape index (κ3) is 1.33. The van der Waals surface area contributed by atoms with Crippen molar-refractivity contribution in [2.75, 3.05) is 0 Å². The number of hydrogen-bond donors (Lipinski definition) is 0. The van der Waals surface area contributed by atoms with Gasteiger partial charge in [-0.2, -0.15) is 0 Å². The van der Waals surface area contributed by atoms with Gasteiger partial charge in [-0.25, -0.2) is 0 Å². The summed E-state index contributed by atoms with van der Waals surface area (Å²) in [5, 5.41) is 28.9. The van der Waals surface area contributed by atoms with Crippen LogP contribution in [0.25, 0.3) is 33.4 Å². The fourth-order valence-electron chi connectivity index (χ4n) is 2.94. The first-order valence-corrected chi connectivity index (χ1v) is 6.47. The fraction of sp³-hybridized carbons (Fsp3) is 0. The maximum Gasteiger partial charge on any atom is -0.00388 e. The van der Waals surface area contributed by atoms with Gasteiger partial charge < -0.3 is 10.2 Å². The van der Waals surface area contributed by atoms with Crippen LogP contribution in [0.3, 0.4) is 0 Å². The molecule has 0 aromatic heterocycles. The summed E-state index contributed by atoms with van der Waals surface area (Å²) in [6.45, 7) is 0. The fourth-order valence-corrected chi connectivity index (χ4v) is 2.94. The molecule has 0 spiro atoms. The van der Waals surface area contributed by atoms with Gasteiger partial charge in [-0.1, -0.05) is 66.5 Å². The molecule has 20 heavy (non-hydrogen) atoms. The lowest BCUT2D eigenvalue weighted by atomic mass is 9.94. The van der Waals surface area contributed by atoms with Gasteiger partial charge in [0.1, 0.15) is 0 Å². The molecule has 1 aliphatic carbocycles. The summed E-state index contributed by atoms with van der Waals surface area (Å²) in [4.78, 5) is 0. The summed E-state index contributed by atoms with van der Waals surface area (Å²) in [5.41, 5.74) is 0.492. The summed E-state index contributed by atoms with van der Waals surface area (Å²) < 4.78 is 0. The second-order valence-electron chi connectivity index (χ2n) is 4.91. The lowest BCUT2D eigenvalue weighted by Gasteiger charge is -2.21. The third-order valence-corrected chi connectivity index (χ3v) is 3.80. The first-order valence-electron chi connectivity index (χ1n) is 6.47. The molecule has 0 aliphatic heterocycles. The van der Waals surface area contributed by atoms with E-state index in [1.807, 2.05) is 36.4 Å². The SMILES string of the molecule is [O-]C1=c2c(c([O-])c3cccc4cccc2c43)C=CC=C1. The van der Waals surface area contributed by atoms with Crippen LogP contribution in [0.1, 0.15) is 5.56 Å². The molecule has 0 saturated carbocycles. The smallest absolute Gasteiger partial charge is 0.00388 e. The molecule has 96 valence electrons. The van der Waals surface area contributed by atoms with E-state index in [-0.39, 0.29) is 11.5 Å². The summed E-state index contributed by atoms with van der Waals surface area (Å²) in [5.74, 6) is -0.182. The molecular weight excluding hydrogens is 248 g/mol. The van der Waals surface area contributed by atoms with Gasteiger partial charge in [0, 0.05) is 0 Å². The van der Waals surface area contributed by atoms with E-state index in [1.165, 1.54) is 6.08 Å². The largest absolute Gasteiger partial charge is 0.872 e. The molecular formula is C18H10O2-2. The molecule has 0 fully saturated rings. The zero-order valence-corrected chi connectivity index (χ0v) is 10.6. The van der Waals surface area contributed by atoms with Gasteiger partial charge in [0.05, 0.1) is 0 Å². The molecule has 0 unspecified atom stereocenters. The molecule has 0 heterocycles. The van der Waals surface area contributed by atoms with E-state index in [0.717, 1.165) is 16.2 Å². The molecule has 0 atom stereocenters. The summed E-state index contributed by atoms with van der Waals surface area (Å²) >= 11 is 0. The second-order valence-corrected chi connectivity index (χ2v) is 4.91. The topological polar surface area (TPSA) is 46.1 Å². The van der Waals surface area contributed by atoms with E-state index >= 15 is 0 Å². The van der Waals surface area contributed by atoms with Crippen molar-refractivity contribution in [1.29, 1.82) is 0 Å². The van der Waals surface area contributed by atoms with E-state index in [9.17, 15) is 10.2 Å². The van der Waals surface area contributed by atoms with Crippen molar-refractivity contribution in [2.45, 2.75) is 0 Å². The summed E-state index contributed by atoms with van der Waals surface area (Å²) in [7, 11) is 0. The maximum absolute atomic E-state index is 12.6. The molecule has 4 rings (SSSR count). The van der Waals surface area contributed by atoms with E-state index in [1.54, 1.807) is 18.2 Å². The molecule has 3 aromatic carbocycles. The maximum atomic E-state index is 12.6. The molecule has 0 radical (unpaired) electrons. The van der Waals surface area contributed by atoms with Gasteiger partial charge >= 0.3 is 0 Å². The highest BCUT2D eigenvalue weighted by atomic mass is 16.3. The Morgan fingerprint density at radius 1 is 0.750 bits per heavy atom.